The molecule has 3 aromatic rings. The molecule has 8 heteroatoms. The molecule has 0 fully saturated rings. The number of aryl methyl sites for hydroxylation is 2. The second-order valence-corrected chi connectivity index (χ2v) is 9.97. The number of rotatable bonds is 5. The van der Waals surface area contributed by atoms with Gasteiger partial charge in [0.2, 0.25) is 9.84 Å². The van der Waals surface area contributed by atoms with Crippen LogP contribution in [0, 0.1) is 13.8 Å². The molecule has 0 saturated carbocycles. The van der Waals surface area contributed by atoms with Crippen LogP contribution in [0.25, 0.3) is 0 Å². The van der Waals surface area contributed by atoms with Crippen molar-refractivity contribution in [3.63, 3.8) is 0 Å². The van der Waals surface area contributed by atoms with Crippen LogP contribution in [-0.4, -0.2) is 32.5 Å². The number of benzene rings is 3. The fourth-order valence-electron chi connectivity index (χ4n) is 3.89. The summed E-state index contributed by atoms with van der Waals surface area (Å²) in [5.41, 5.74) is 2.94. The Balaban J connectivity index is 1.91. The number of sulfone groups is 1. The zero-order valence-corrected chi connectivity index (χ0v) is 19.7. The number of carbonyl (C=O) groups excluding carboxylic acids is 2. The highest BCUT2D eigenvalue weighted by Crippen LogP contribution is 2.44. The number of hydrogen-bond donors (Lipinski definition) is 1. The van der Waals surface area contributed by atoms with Crippen LogP contribution >= 0.6 is 0 Å². The maximum atomic E-state index is 13.7. The molecule has 4 rings (SSSR count). The molecule has 34 heavy (non-hydrogen) atoms. The van der Waals surface area contributed by atoms with Crippen LogP contribution in [0.15, 0.2) is 88.4 Å². The Hall–Kier alpha value is -3.91. The van der Waals surface area contributed by atoms with E-state index in [0.717, 1.165) is 11.1 Å². The fourth-order valence-corrected chi connectivity index (χ4v) is 5.52. The molecule has 1 aliphatic heterocycles. The van der Waals surface area contributed by atoms with Crippen LogP contribution in [0.4, 0.5) is 5.69 Å². The van der Waals surface area contributed by atoms with E-state index in [1.807, 2.05) is 13.8 Å². The highest BCUT2D eigenvalue weighted by atomic mass is 32.2. The Labute approximate surface area is 197 Å². The van der Waals surface area contributed by atoms with Gasteiger partial charge in [0, 0.05) is 5.69 Å². The molecule has 0 aromatic heterocycles. The van der Waals surface area contributed by atoms with E-state index in [9.17, 15) is 23.1 Å². The van der Waals surface area contributed by atoms with Crippen molar-refractivity contribution in [2.24, 2.45) is 0 Å². The summed E-state index contributed by atoms with van der Waals surface area (Å²) in [6.45, 7) is 3.72. The minimum absolute atomic E-state index is 0.0330. The van der Waals surface area contributed by atoms with Gasteiger partial charge >= 0.3 is 5.97 Å². The Morgan fingerprint density at radius 1 is 0.882 bits per heavy atom. The summed E-state index contributed by atoms with van der Waals surface area (Å²) in [7, 11) is -2.98. The standard InChI is InChI=1S/C26H23NO6S/c1-16-4-12-20(13-5-16)27-22(18-8-10-19(11-9-18)26(30)33-3)24(23(28)25(27)29)34(31,32)21-14-6-17(2)7-15-21/h4-15,22,28H,1-3H3/t22-/m0/s1. The lowest BCUT2D eigenvalue weighted by atomic mass is 10.0. The monoisotopic (exact) mass is 477 g/mol. The third-order valence-corrected chi connectivity index (χ3v) is 7.63. The van der Waals surface area contributed by atoms with E-state index in [2.05, 4.69) is 0 Å². The normalized spacial score (nSPS) is 16.1. The Morgan fingerprint density at radius 2 is 1.41 bits per heavy atom. The summed E-state index contributed by atoms with van der Waals surface area (Å²) in [5, 5.41) is 10.8. The van der Waals surface area contributed by atoms with Gasteiger partial charge in [0.25, 0.3) is 5.91 Å². The number of anilines is 1. The van der Waals surface area contributed by atoms with Crippen molar-refractivity contribution >= 4 is 27.4 Å². The van der Waals surface area contributed by atoms with Crippen LogP contribution in [0.3, 0.4) is 0 Å². The number of hydrogen-bond acceptors (Lipinski definition) is 6. The Morgan fingerprint density at radius 3 is 1.94 bits per heavy atom. The number of ether oxygens (including phenoxy) is 1. The van der Waals surface area contributed by atoms with Crippen LogP contribution in [-0.2, 0) is 19.4 Å². The van der Waals surface area contributed by atoms with Gasteiger partial charge in [-0.15, -0.1) is 0 Å². The second kappa shape index (κ2) is 8.79. The number of nitrogens with zero attached hydrogens (tertiary/aromatic N) is 1. The van der Waals surface area contributed by atoms with E-state index >= 15 is 0 Å². The number of methoxy groups -OCH3 is 1. The minimum Gasteiger partial charge on any atom is -0.502 e. The molecule has 7 nitrogen and oxygen atoms in total. The SMILES string of the molecule is COC(=O)c1ccc([C@H]2C(S(=O)(=O)c3ccc(C)cc3)=C(O)C(=O)N2c2ccc(C)cc2)cc1. The van der Waals surface area contributed by atoms with Crippen molar-refractivity contribution in [3.05, 3.63) is 106 Å². The van der Waals surface area contributed by atoms with E-state index in [0.29, 0.717) is 11.3 Å². The van der Waals surface area contributed by atoms with E-state index in [1.54, 1.807) is 48.5 Å². The first kappa shape index (κ1) is 23.3. The summed E-state index contributed by atoms with van der Waals surface area (Å²) in [5.74, 6) is -2.20. The average Bonchev–Trinajstić information content (AvgIpc) is 3.10. The van der Waals surface area contributed by atoms with Gasteiger partial charge < -0.3 is 9.84 Å². The molecule has 0 bridgehead atoms. The Kier molecular flexibility index (Phi) is 6.01. The van der Waals surface area contributed by atoms with Crippen molar-refractivity contribution in [3.8, 4) is 0 Å². The molecule has 0 spiro atoms. The summed E-state index contributed by atoms with van der Waals surface area (Å²) >= 11 is 0. The Bertz CT molecular complexity index is 1390. The number of esters is 1. The summed E-state index contributed by atoms with van der Waals surface area (Å²) in [6.07, 6.45) is 0. The molecule has 0 unspecified atom stereocenters. The van der Waals surface area contributed by atoms with Crippen LogP contribution in [0.5, 0.6) is 0 Å². The molecular weight excluding hydrogens is 454 g/mol. The maximum Gasteiger partial charge on any atom is 0.337 e. The predicted octanol–water partition coefficient (Wildman–Crippen LogP) is 4.42. The van der Waals surface area contributed by atoms with Gasteiger partial charge in [0.1, 0.15) is 10.9 Å². The molecule has 0 saturated heterocycles. The van der Waals surface area contributed by atoms with Gasteiger partial charge in [-0.05, 0) is 55.8 Å². The quantitative estimate of drug-likeness (QED) is 0.546. The summed E-state index contributed by atoms with van der Waals surface area (Å²) in [4.78, 5) is 25.9. The molecular formula is C26H23NO6S. The van der Waals surface area contributed by atoms with E-state index in [1.165, 1.54) is 36.3 Å². The zero-order chi connectivity index (χ0) is 24.6. The molecule has 0 radical (unpaired) electrons. The summed E-state index contributed by atoms with van der Waals surface area (Å²) in [6, 6.07) is 18.1. The highest BCUT2D eigenvalue weighted by molar-refractivity contribution is 7.95. The first-order valence-corrected chi connectivity index (χ1v) is 12.0. The van der Waals surface area contributed by atoms with Gasteiger partial charge in [-0.25, -0.2) is 13.2 Å². The molecule has 1 heterocycles. The zero-order valence-electron chi connectivity index (χ0n) is 18.8. The van der Waals surface area contributed by atoms with Gasteiger partial charge in [-0.3, -0.25) is 9.69 Å². The number of amides is 1. The number of aliphatic hydroxyl groups excluding tert-OH is 1. The average molecular weight is 478 g/mol. The molecule has 174 valence electrons. The first-order valence-electron chi connectivity index (χ1n) is 10.5. The van der Waals surface area contributed by atoms with E-state index in [-0.39, 0.29) is 10.5 Å². The molecule has 1 N–H and O–H groups in total. The lowest BCUT2D eigenvalue weighted by Crippen LogP contribution is -2.31. The van der Waals surface area contributed by atoms with Gasteiger partial charge in [0.15, 0.2) is 5.76 Å². The predicted molar refractivity (Wildman–Crippen MR) is 127 cm³/mol. The topological polar surface area (TPSA) is 101 Å². The molecule has 1 atom stereocenters. The number of aliphatic hydroxyl groups is 1. The molecule has 3 aromatic carbocycles. The van der Waals surface area contributed by atoms with Crippen molar-refractivity contribution in [2.75, 3.05) is 12.0 Å². The van der Waals surface area contributed by atoms with Crippen molar-refractivity contribution in [1.29, 1.82) is 0 Å². The van der Waals surface area contributed by atoms with Crippen LogP contribution in [0.1, 0.15) is 33.1 Å². The van der Waals surface area contributed by atoms with Crippen LogP contribution in [0.2, 0.25) is 0 Å². The van der Waals surface area contributed by atoms with E-state index in [4.69, 9.17) is 4.74 Å². The smallest absolute Gasteiger partial charge is 0.337 e. The van der Waals surface area contributed by atoms with Crippen molar-refractivity contribution < 1.29 is 27.9 Å². The largest absolute Gasteiger partial charge is 0.502 e. The van der Waals surface area contributed by atoms with E-state index < -0.39 is 38.4 Å². The molecule has 1 amide bonds. The van der Waals surface area contributed by atoms with Gasteiger partial charge in [-0.1, -0.05) is 47.5 Å². The molecule has 0 aliphatic carbocycles. The lowest BCUT2D eigenvalue weighted by Gasteiger charge is -2.27. The van der Waals surface area contributed by atoms with Crippen molar-refractivity contribution in [1.82, 2.24) is 0 Å². The third kappa shape index (κ3) is 3.97. The third-order valence-electron chi connectivity index (χ3n) is 5.74. The second-order valence-electron chi connectivity index (χ2n) is 8.06. The molecule has 1 aliphatic rings. The van der Waals surface area contributed by atoms with Crippen LogP contribution < -0.4 is 4.90 Å². The minimum atomic E-state index is -4.24. The lowest BCUT2D eigenvalue weighted by molar-refractivity contribution is -0.117. The maximum absolute atomic E-state index is 13.7. The number of carbonyl (C=O) groups is 2. The summed E-state index contributed by atoms with van der Waals surface area (Å²) < 4.78 is 32.1. The first-order chi connectivity index (χ1) is 16.1. The highest BCUT2D eigenvalue weighted by Gasteiger charge is 2.47. The van der Waals surface area contributed by atoms with Crippen molar-refractivity contribution in [2.45, 2.75) is 24.8 Å². The van der Waals surface area contributed by atoms with Gasteiger partial charge in [0.05, 0.1) is 17.6 Å². The fraction of sp³-hybridized carbons (Fsp3) is 0.154. The van der Waals surface area contributed by atoms with Gasteiger partial charge in [-0.2, -0.15) is 0 Å².